The zero-order chi connectivity index (χ0) is 20.2. The molecular weight excluding hydrogens is 368 g/mol. The smallest absolute Gasteiger partial charge is 0.289 e. The molecule has 0 saturated carbocycles. The lowest BCUT2D eigenvalue weighted by atomic mass is 10.1. The number of benzene rings is 2. The van der Waals surface area contributed by atoms with Crippen molar-refractivity contribution in [1.82, 2.24) is 9.80 Å². The molecule has 3 aromatic rings. The number of carbonyl (C=O) groups excluding carboxylic acids is 2. The third-order valence-electron chi connectivity index (χ3n) is 5.20. The SMILES string of the molecule is CC(=O)N1CCCN(C(=O)c2ccc(COc3ccc4ccccc4c3)o2)CC1. The van der Waals surface area contributed by atoms with E-state index in [0.29, 0.717) is 37.7 Å². The van der Waals surface area contributed by atoms with Gasteiger partial charge in [-0.15, -0.1) is 0 Å². The minimum Gasteiger partial charge on any atom is -0.486 e. The number of hydrogen-bond donors (Lipinski definition) is 0. The molecule has 1 aliphatic heterocycles. The number of nitrogens with zero attached hydrogens (tertiary/aromatic N) is 2. The fraction of sp³-hybridized carbons (Fsp3) is 0.304. The highest BCUT2D eigenvalue weighted by molar-refractivity contribution is 5.91. The van der Waals surface area contributed by atoms with Crippen molar-refractivity contribution in [3.05, 3.63) is 66.1 Å². The van der Waals surface area contributed by atoms with Gasteiger partial charge in [0.1, 0.15) is 18.1 Å². The molecule has 2 heterocycles. The maximum Gasteiger partial charge on any atom is 0.289 e. The van der Waals surface area contributed by atoms with Crippen molar-refractivity contribution >= 4 is 22.6 Å². The van der Waals surface area contributed by atoms with E-state index in [4.69, 9.17) is 9.15 Å². The Morgan fingerprint density at radius 1 is 0.931 bits per heavy atom. The van der Waals surface area contributed by atoms with Crippen LogP contribution in [0.15, 0.2) is 59.0 Å². The standard InChI is InChI=1S/C23H24N2O4/c1-17(26)24-11-4-12-25(14-13-24)23(27)22-10-9-21(29-22)16-28-20-8-7-18-5-2-3-6-19(18)15-20/h2-3,5-10,15H,4,11-14,16H2,1H3. The van der Waals surface area contributed by atoms with E-state index in [2.05, 4.69) is 6.07 Å². The molecule has 1 aromatic heterocycles. The summed E-state index contributed by atoms with van der Waals surface area (Å²) in [5, 5.41) is 2.27. The first-order valence-corrected chi connectivity index (χ1v) is 9.85. The summed E-state index contributed by atoms with van der Waals surface area (Å²) >= 11 is 0. The third kappa shape index (κ3) is 4.42. The summed E-state index contributed by atoms with van der Waals surface area (Å²) in [6.45, 7) is 4.19. The molecule has 1 fully saturated rings. The molecule has 2 amide bonds. The van der Waals surface area contributed by atoms with Crippen molar-refractivity contribution in [3.63, 3.8) is 0 Å². The summed E-state index contributed by atoms with van der Waals surface area (Å²) in [5.74, 6) is 1.56. The zero-order valence-electron chi connectivity index (χ0n) is 16.5. The Kier molecular flexibility index (Phi) is 5.51. The largest absolute Gasteiger partial charge is 0.486 e. The fourth-order valence-corrected chi connectivity index (χ4v) is 3.57. The summed E-state index contributed by atoms with van der Waals surface area (Å²) in [5.41, 5.74) is 0. The van der Waals surface area contributed by atoms with E-state index in [1.807, 2.05) is 36.4 Å². The van der Waals surface area contributed by atoms with Gasteiger partial charge in [-0.2, -0.15) is 0 Å². The zero-order valence-corrected chi connectivity index (χ0v) is 16.5. The number of fused-ring (bicyclic) bond motifs is 1. The minimum absolute atomic E-state index is 0.0467. The van der Waals surface area contributed by atoms with Crippen LogP contribution >= 0.6 is 0 Å². The van der Waals surface area contributed by atoms with Crippen LogP contribution in [0.2, 0.25) is 0 Å². The van der Waals surface area contributed by atoms with Crippen LogP contribution in [-0.2, 0) is 11.4 Å². The topological polar surface area (TPSA) is 63.0 Å². The molecule has 0 unspecified atom stereocenters. The van der Waals surface area contributed by atoms with Gasteiger partial charge in [-0.05, 0) is 41.5 Å². The van der Waals surface area contributed by atoms with Crippen molar-refractivity contribution in [2.75, 3.05) is 26.2 Å². The van der Waals surface area contributed by atoms with E-state index in [-0.39, 0.29) is 18.4 Å². The molecule has 1 aliphatic rings. The van der Waals surface area contributed by atoms with E-state index < -0.39 is 0 Å². The van der Waals surface area contributed by atoms with E-state index in [0.717, 1.165) is 22.9 Å². The predicted octanol–water partition coefficient (Wildman–Crippen LogP) is 3.71. The van der Waals surface area contributed by atoms with Gasteiger partial charge in [0.15, 0.2) is 5.76 Å². The van der Waals surface area contributed by atoms with Gasteiger partial charge in [0, 0.05) is 33.1 Å². The monoisotopic (exact) mass is 392 g/mol. The van der Waals surface area contributed by atoms with Crippen LogP contribution in [0.5, 0.6) is 5.75 Å². The van der Waals surface area contributed by atoms with Crippen LogP contribution in [0.3, 0.4) is 0 Å². The van der Waals surface area contributed by atoms with Crippen LogP contribution in [0.25, 0.3) is 10.8 Å². The third-order valence-corrected chi connectivity index (χ3v) is 5.20. The van der Waals surface area contributed by atoms with E-state index in [1.54, 1.807) is 28.9 Å². The number of ether oxygens (including phenoxy) is 1. The maximum atomic E-state index is 12.8. The van der Waals surface area contributed by atoms with Crippen molar-refractivity contribution in [3.8, 4) is 5.75 Å². The Morgan fingerprint density at radius 2 is 1.69 bits per heavy atom. The van der Waals surface area contributed by atoms with Crippen molar-refractivity contribution in [2.45, 2.75) is 20.0 Å². The summed E-state index contributed by atoms with van der Waals surface area (Å²) in [4.78, 5) is 27.8. The quantitative estimate of drug-likeness (QED) is 0.679. The maximum absolute atomic E-state index is 12.8. The molecule has 6 heteroatoms. The first-order valence-electron chi connectivity index (χ1n) is 9.85. The molecular formula is C23H24N2O4. The van der Waals surface area contributed by atoms with Gasteiger partial charge in [-0.3, -0.25) is 9.59 Å². The Balaban J connectivity index is 1.37. The predicted molar refractivity (Wildman–Crippen MR) is 110 cm³/mol. The van der Waals surface area contributed by atoms with Gasteiger partial charge in [-0.1, -0.05) is 30.3 Å². The molecule has 0 radical (unpaired) electrons. The van der Waals surface area contributed by atoms with Gasteiger partial charge in [0.25, 0.3) is 5.91 Å². The van der Waals surface area contributed by atoms with Crippen LogP contribution in [0.4, 0.5) is 0 Å². The van der Waals surface area contributed by atoms with Gasteiger partial charge < -0.3 is 19.0 Å². The second kappa shape index (κ2) is 8.39. The molecule has 0 atom stereocenters. The van der Waals surface area contributed by atoms with Crippen molar-refractivity contribution < 1.29 is 18.7 Å². The lowest BCUT2D eigenvalue weighted by Crippen LogP contribution is -2.36. The van der Waals surface area contributed by atoms with Crippen LogP contribution in [0.1, 0.15) is 29.7 Å². The van der Waals surface area contributed by atoms with E-state index in [1.165, 1.54) is 0 Å². The van der Waals surface area contributed by atoms with Crippen molar-refractivity contribution in [1.29, 1.82) is 0 Å². The summed E-state index contributed by atoms with van der Waals surface area (Å²) in [6.07, 6.45) is 0.768. The summed E-state index contributed by atoms with van der Waals surface area (Å²) < 4.78 is 11.6. The highest BCUT2D eigenvalue weighted by Crippen LogP contribution is 2.22. The number of hydrogen-bond acceptors (Lipinski definition) is 4. The average molecular weight is 392 g/mol. The van der Waals surface area contributed by atoms with E-state index >= 15 is 0 Å². The minimum atomic E-state index is -0.146. The Morgan fingerprint density at radius 3 is 2.52 bits per heavy atom. The molecule has 0 aliphatic carbocycles. The normalized spacial score (nSPS) is 14.7. The Hall–Kier alpha value is -3.28. The molecule has 0 spiro atoms. The molecule has 1 saturated heterocycles. The second-order valence-corrected chi connectivity index (χ2v) is 7.22. The summed E-state index contributed by atoms with van der Waals surface area (Å²) in [7, 11) is 0. The van der Waals surface area contributed by atoms with Crippen LogP contribution < -0.4 is 4.74 Å². The molecule has 6 nitrogen and oxygen atoms in total. The number of furan rings is 1. The summed E-state index contributed by atoms with van der Waals surface area (Å²) in [6, 6.07) is 17.5. The highest BCUT2D eigenvalue weighted by atomic mass is 16.5. The Labute approximate surface area is 169 Å². The van der Waals surface area contributed by atoms with Crippen LogP contribution in [0, 0.1) is 0 Å². The molecule has 150 valence electrons. The molecule has 2 aromatic carbocycles. The lowest BCUT2D eigenvalue weighted by molar-refractivity contribution is -0.128. The number of carbonyl (C=O) groups is 2. The number of amides is 2. The number of rotatable bonds is 4. The fourth-order valence-electron chi connectivity index (χ4n) is 3.57. The molecule has 29 heavy (non-hydrogen) atoms. The van der Waals surface area contributed by atoms with Gasteiger partial charge in [0.05, 0.1) is 0 Å². The first-order chi connectivity index (χ1) is 14.1. The molecule has 4 rings (SSSR count). The van der Waals surface area contributed by atoms with Gasteiger partial charge in [0.2, 0.25) is 5.91 Å². The van der Waals surface area contributed by atoms with Gasteiger partial charge in [-0.25, -0.2) is 0 Å². The van der Waals surface area contributed by atoms with Crippen LogP contribution in [-0.4, -0.2) is 47.8 Å². The van der Waals surface area contributed by atoms with Crippen molar-refractivity contribution in [2.24, 2.45) is 0 Å². The average Bonchev–Trinajstić information content (AvgIpc) is 3.07. The Bertz CT molecular complexity index is 1030. The van der Waals surface area contributed by atoms with Gasteiger partial charge >= 0.3 is 0 Å². The van der Waals surface area contributed by atoms with E-state index in [9.17, 15) is 9.59 Å². The second-order valence-electron chi connectivity index (χ2n) is 7.22. The molecule has 0 N–H and O–H groups in total. The lowest BCUT2D eigenvalue weighted by Gasteiger charge is -2.20. The first kappa shape index (κ1) is 19.1. The molecule has 0 bridgehead atoms. The highest BCUT2D eigenvalue weighted by Gasteiger charge is 2.23.